The molecular formula is C16H21N3O2S. The molecule has 1 N–H and O–H groups in total. The Labute approximate surface area is 136 Å². The molecule has 22 heavy (non-hydrogen) atoms. The lowest BCUT2D eigenvalue weighted by molar-refractivity contribution is -0.130. The first-order valence-corrected chi connectivity index (χ1v) is 8.04. The van der Waals surface area contributed by atoms with Gasteiger partial charge in [0, 0.05) is 25.3 Å². The molecule has 3 rings (SSSR count). The molecule has 0 bridgehead atoms. The van der Waals surface area contributed by atoms with E-state index in [2.05, 4.69) is 22.3 Å². The molecule has 1 atom stereocenters. The molecule has 6 heteroatoms. The lowest BCUT2D eigenvalue weighted by Crippen LogP contribution is -2.41. The van der Waals surface area contributed by atoms with E-state index in [0.717, 1.165) is 37.6 Å². The maximum absolute atomic E-state index is 12.6. The minimum atomic E-state index is -0.767. The van der Waals surface area contributed by atoms with Gasteiger partial charge in [0.15, 0.2) is 5.11 Å². The molecule has 0 radical (unpaired) electrons. The monoisotopic (exact) mass is 319 g/mol. The summed E-state index contributed by atoms with van der Waals surface area (Å²) in [5, 5.41) is 3.68. The van der Waals surface area contributed by atoms with Gasteiger partial charge in [0.1, 0.15) is 5.54 Å². The zero-order valence-corrected chi connectivity index (χ0v) is 13.8. The molecule has 0 spiro atoms. The van der Waals surface area contributed by atoms with Gasteiger partial charge in [-0.15, -0.1) is 0 Å². The first-order chi connectivity index (χ1) is 10.6. The molecular weight excluding hydrogens is 298 g/mol. The molecule has 1 aromatic rings. The number of nitrogens with one attached hydrogen (secondary N) is 1. The van der Waals surface area contributed by atoms with Crippen LogP contribution in [-0.2, 0) is 15.1 Å². The Morgan fingerprint density at radius 3 is 2.45 bits per heavy atom. The van der Waals surface area contributed by atoms with Crippen LogP contribution < -0.4 is 10.2 Å². The zero-order chi connectivity index (χ0) is 15.7. The standard InChI is InChI=1S/C16H21N3O2S/c1-3-19-14(20)16(2,17-15(19)22)12-4-6-13(7-5-12)18-8-10-21-11-9-18/h4-7H,3,8-11H2,1-2H3,(H,17,22). The van der Waals surface area contributed by atoms with Gasteiger partial charge in [-0.25, -0.2) is 0 Å². The van der Waals surface area contributed by atoms with Crippen molar-refractivity contribution in [2.45, 2.75) is 19.4 Å². The highest BCUT2D eigenvalue weighted by atomic mass is 32.1. The number of likely N-dealkylation sites (N-methyl/N-ethyl adjacent to an activating group) is 1. The number of morpholine rings is 1. The van der Waals surface area contributed by atoms with E-state index in [1.165, 1.54) is 0 Å². The topological polar surface area (TPSA) is 44.8 Å². The van der Waals surface area contributed by atoms with Crippen molar-refractivity contribution in [3.63, 3.8) is 0 Å². The molecule has 1 amide bonds. The van der Waals surface area contributed by atoms with Gasteiger partial charge in [-0.2, -0.15) is 0 Å². The van der Waals surface area contributed by atoms with Crippen LogP contribution >= 0.6 is 12.2 Å². The SMILES string of the molecule is CCN1C(=O)C(C)(c2ccc(N3CCOCC3)cc2)NC1=S. The highest BCUT2D eigenvalue weighted by molar-refractivity contribution is 7.80. The lowest BCUT2D eigenvalue weighted by Gasteiger charge is -2.29. The molecule has 0 saturated carbocycles. The van der Waals surface area contributed by atoms with Crippen molar-refractivity contribution in [3.8, 4) is 0 Å². The van der Waals surface area contributed by atoms with E-state index < -0.39 is 5.54 Å². The molecule has 2 saturated heterocycles. The largest absolute Gasteiger partial charge is 0.378 e. The summed E-state index contributed by atoms with van der Waals surface area (Å²) in [7, 11) is 0. The van der Waals surface area contributed by atoms with E-state index in [0.29, 0.717) is 11.7 Å². The van der Waals surface area contributed by atoms with Crippen molar-refractivity contribution in [1.82, 2.24) is 10.2 Å². The van der Waals surface area contributed by atoms with Gasteiger partial charge in [0.25, 0.3) is 5.91 Å². The molecule has 1 unspecified atom stereocenters. The van der Waals surface area contributed by atoms with E-state index in [1.54, 1.807) is 4.90 Å². The van der Waals surface area contributed by atoms with Crippen molar-refractivity contribution in [3.05, 3.63) is 29.8 Å². The first kappa shape index (κ1) is 15.2. The number of hydrogen-bond donors (Lipinski definition) is 1. The second-order valence-corrected chi connectivity index (χ2v) is 6.14. The third-order valence-electron chi connectivity index (χ3n) is 4.41. The minimum absolute atomic E-state index is 0.0131. The Morgan fingerprint density at radius 2 is 1.91 bits per heavy atom. The number of rotatable bonds is 3. The van der Waals surface area contributed by atoms with Crippen molar-refractivity contribution >= 4 is 28.9 Å². The number of benzene rings is 1. The summed E-state index contributed by atoms with van der Waals surface area (Å²) in [6, 6.07) is 8.16. The van der Waals surface area contributed by atoms with Crippen molar-refractivity contribution in [2.75, 3.05) is 37.7 Å². The molecule has 0 aromatic heterocycles. The van der Waals surface area contributed by atoms with Crippen LogP contribution in [0.1, 0.15) is 19.4 Å². The molecule has 1 aromatic carbocycles. The molecule has 2 heterocycles. The highest BCUT2D eigenvalue weighted by Gasteiger charge is 2.46. The second kappa shape index (κ2) is 5.85. The van der Waals surface area contributed by atoms with Crippen LogP contribution in [0.15, 0.2) is 24.3 Å². The van der Waals surface area contributed by atoms with Crippen molar-refractivity contribution in [2.24, 2.45) is 0 Å². The molecule has 5 nitrogen and oxygen atoms in total. The third kappa shape index (κ3) is 2.46. The quantitative estimate of drug-likeness (QED) is 0.855. The van der Waals surface area contributed by atoms with Gasteiger partial charge >= 0.3 is 0 Å². The van der Waals surface area contributed by atoms with E-state index in [9.17, 15) is 4.79 Å². The van der Waals surface area contributed by atoms with E-state index in [4.69, 9.17) is 17.0 Å². The summed E-state index contributed by atoms with van der Waals surface area (Å²) in [6.07, 6.45) is 0. The summed E-state index contributed by atoms with van der Waals surface area (Å²) in [5.41, 5.74) is 1.33. The maximum atomic E-state index is 12.6. The predicted molar refractivity (Wildman–Crippen MR) is 89.9 cm³/mol. The van der Waals surface area contributed by atoms with Gasteiger partial charge in [0.05, 0.1) is 13.2 Å². The first-order valence-electron chi connectivity index (χ1n) is 7.63. The Hall–Kier alpha value is -1.66. The Kier molecular flexibility index (Phi) is 4.06. The summed E-state index contributed by atoms with van der Waals surface area (Å²) >= 11 is 5.27. The van der Waals surface area contributed by atoms with E-state index in [1.807, 2.05) is 26.0 Å². The van der Waals surface area contributed by atoms with E-state index in [-0.39, 0.29) is 5.91 Å². The molecule has 0 aliphatic carbocycles. The smallest absolute Gasteiger partial charge is 0.258 e. The Morgan fingerprint density at radius 1 is 1.27 bits per heavy atom. The summed E-state index contributed by atoms with van der Waals surface area (Å²) in [6.45, 7) is 7.74. The number of nitrogens with zero attached hydrogens (tertiary/aromatic N) is 2. The second-order valence-electron chi connectivity index (χ2n) is 5.75. The van der Waals surface area contributed by atoms with Crippen LogP contribution in [0.2, 0.25) is 0 Å². The number of thiocarbonyl (C=S) groups is 1. The number of hydrogen-bond acceptors (Lipinski definition) is 4. The number of carbonyl (C=O) groups excluding carboxylic acids is 1. The van der Waals surface area contributed by atoms with Gasteiger partial charge in [-0.05, 0) is 43.8 Å². The van der Waals surface area contributed by atoms with Gasteiger partial charge in [0.2, 0.25) is 0 Å². The fraction of sp³-hybridized carbons (Fsp3) is 0.500. The van der Waals surface area contributed by atoms with Crippen LogP contribution in [-0.4, -0.2) is 48.8 Å². The van der Waals surface area contributed by atoms with Gasteiger partial charge < -0.3 is 15.0 Å². The summed E-state index contributed by atoms with van der Waals surface area (Å²) in [5.74, 6) is 0.0131. The van der Waals surface area contributed by atoms with Gasteiger partial charge in [-0.3, -0.25) is 9.69 Å². The molecule has 2 aliphatic rings. The summed E-state index contributed by atoms with van der Waals surface area (Å²) < 4.78 is 5.38. The summed E-state index contributed by atoms with van der Waals surface area (Å²) in [4.78, 5) is 16.5. The maximum Gasteiger partial charge on any atom is 0.258 e. The van der Waals surface area contributed by atoms with Crippen LogP contribution in [0.4, 0.5) is 5.69 Å². The molecule has 2 fully saturated rings. The minimum Gasteiger partial charge on any atom is -0.378 e. The number of amides is 1. The van der Waals surface area contributed by atoms with Gasteiger partial charge in [-0.1, -0.05) is 12.1 Å². The Bertz CT molecular complexity index is 584. The molecule has 118 valence electrons. The van der Waals surface area contributed by atoms with Crippen LogP contribution in [0.3, 0.4) is 0 Å². The fourth-order valence-electron chi connectivity index (χ4n) is 3.01. The average molecular weight is 319 g/mol. The zero-order valence-electron chi connectivity index (χ0n) is 13.0. The van der Waals surface area contributed by atoms with Crippen LogP contribution in [0.5, 0.6) is 0 Å². The van der Waals surface area contributed by atoms with E-state index >= 15 is 0 Å². The number of ether oxygens (including phenoxy) is 1. The molecule has 2 aliphatic heterocycles. The van der Waals surface area contributed by atoms with Crippen LogP contribution in [0, 0.1) is 0 Å². The number of anilines is 1. The normalized spacial score (nSPS) is 25.5. The predicted octanol–water partition coefficient (Wildman–Crippen LogP) is 1.47. The average Bonchev–Trinajstić information content (AvgIpc) is 2.78. The third-order valence-corrected chi connectivity index (χ3v) is 4.73. The fourth-order valence-corrected chi connectivity index (χ4v) is 3.42. The highest BCUT2D eigenvalue weighted by Crippen LogP contribution is 2.30. The lowest BCUT2D eigenvalue weighted by atomic mass is 9.92. The van der Waals surface area contributed by atoms with Crippen molar-refractivity contribution < 1.29 is 9.53 Å². The Balaban J connectivity index is 1.83. The van der Waals surface area contributed by atoms with Crippen molar-refractivity contribution in [1.29, 1.82) is 0 Å². The number of carbonyl (C=O) groups is 1. The van der Waals surface area contributed by atoms with Crippen LogP contribution in [0.25, 0.3) is 0 Å².